The fraction of sp³-hybridized carbons (Fsp3) is 0.200. The molecule has 0 saturated heterocycles. The molecule has 0 spiro atoms. The van der Waals surface area contributed by atoms with Crippen LogP contribution in [0.3, 0.4) is 0 Å². The lowest BCUT2D eigenvalue weighted by Crippen LogP contribution is -2.12. The van der Waals surface area contributed by atoms with Crippen LogP contribution in [0.5, 0.6) is 0 Å². The minimum Gasteiger partial charge on any atom is -0.317 e. The van der Waals surface area contributed by atoms with Gasteiger partial charge in [-0.3, -0.25) is 4.79 Å². The van der Waals surface area contributed by atoms with Crippen LogP contribution in [-0.2, 0) is 0 Å². The zero-order valence-electron chi connectivity index (χ0n) is 10.7. The minimum atomic E-state index is -0.00703. The molecule has 0 amide bonds. The summed E-state index contributed by atoms with van der Waals surface area (Å²) in [6.07, 6.45) is 0. The molecule has 0 aliphatic heterocycles. The fourth-order valence-electron chi connectivity index (χ4n) is 2.22. The summed E-state index contributed by atoms with van der Waals surface area (Å²) in [7, 11) is 0. The van der Waals surface area contributed by atoms with Crippen molar-refractivity contribution in [2.45, 2.75) is 20.8 Å². The Morgan fingerprint density at radius 3 is 2.28 bits per heavy atom. The first-order chi connectivity index (χ1) is 8.54. The predicted octanol–water partition coefficient (Wildman–Crippen LogP) is 2.63. The van der Waals surface area contributed by atoms with Gasteiger partial charge in [-0.15, -0.1) is 0 Å². The molecule has 3 nitrogen and oxygen atoms in total. The number of aromatic nitrogens is 1. The molecule has 3 heteroatoms. The summed E-state index contributed by atoms with van der Waals surface area (Å²) in [5.41, 5.74) is 4.07. The van der Waals surface area contributed by atoms with Crippen molar-refractivity contribution in [1.29, 1.82) is 5.26 Å². The first-order valence-corrected chi connectivity index (χ1v) is 5.75. The van der Waals surface area contributed by atoms with Crippen molar-refractivity contribution >= 4 is 0 Å². The van der Waals surface area contributed by atoms with Crippen LogP contribution >= 0.6 is 0 Å². The Balaban J connectivity index is 2.83. The van der Waals surface area contributed by atoms with E-state index in [1.807, 2.05) is 43.5 Å². The van der Waals surface area contributed by atoms with Crippen LogP contribution in [-0.4, -0.2) is 4.57 Å². The number of pyridine rings is 1. The number of hydrogen-bond acceptors (Lipinski definition) is 2. The molecule has 0 atom stereocenters. The SMILES string of the molecule is Cc1cccc(-n2c(C)cc(=O)cc2C)c1C#N. The second-order valence-electron chi connectivity index (χ2n) is 4.39. The number of aryl methyl sites for hydroxylation is 3. The molecule has 0 aliphatic rings. The molecule has 2 rings (SSSR count). The molecular weight excluding hydrogens is 224 g/mol. The van der Waals surface area contributed by atoms with Gasteiger partial charge >= 0.3 is 0 Å². The summed E-state index contributed by atoms with van der Waals surface area (Å²) in [5, 5.41) is 9.27. The topological polar surface area (TPSA) is 45.8 Å². The van der Waals surface area contributed by atoms with Crippen LogP contribution in [0.4, 0.5) is 0 Å². The van der Waals surface area contributed by atoms with E-state index >= 15 is 0 Å². The normalized spacial score (nSPS) is 10.1. The largest absolute Gasteiger partial charge is 0.317 e. The van der Waals surface area contributed by atoms with Crippen molar-refractivity contribution in [3.05, 3.63) is 63.1 Å². The lowest BCUT2D eigenvalue weighted by Gasteiger charge is -2.16. The second kappa shape index (κ2) is 4.50. The van der Waals surface area contributed by atoms with Gasteiger partial charge in [-0.2, -0.15) is 5.26 Å². The van der Waals surface area contributed by atoms with E-state index in [0.29, 0.717) is 5.56 Å². The quantitative estimate of drug-likeness (QED) is 0.766. The van der Waals surface area contributed by atoms with Gasteiger partial charge < -0.3 is 4.57 Å². The maximum Gasteiger partial charge on any atom is 0.182 e. The number of nitrogens with zero attached hydrogens (tertiary/aromatic N) is 2. The van der Waals surface area contributed by atoms with Gasteiger partial charge in [-0.05, 0) is 32.4 Å². The first kappa shape index (κ1) is 12.1. The van der Waals surface area contributed by atoms with E-state index in [2.05, 4.69) is 6.07 Å². The molecule has 2 aromatic rings. The Kier molecular flexibility index (Phi) is 3.03. The van der Waals surface area contributed by atoms with E-state index in [-0.39, 0.29) is 5.43 Å². The highest BCUT2D eigenvalue weighted by Gasteiger charge is 2.10. The van der Waals surface area contributed by atoms with Crippen LogP contribution in [0.25, 0.3) is 5.69 Å². The van der Waals surface area contributed by atoms with Gasteiger partial charge in [0.15, 0.2) is 5.43 Å². The van der Waals surface area contributed by atoms with E-state index in [1.165, 1.54) is 0 Å². The number of nitriles is 1. The number of rotatable bonds is 1. The molecule has 0 fully saturated rings. The third kappa shape index (κ3) is 1.93. The Bertz CT molecular complexity index is 679. The summed E-state index contributed by atoms with van der Waals surface area (Å²) in [4.78, 5) is 11.4. The van der Waals surface area contributed by atoms with Crippen LogP contribution in [0.15, 0.2) is 35.1 Å². The van der Waals surface area contributed by atoms with Crippen LogP contribution in [0, 0.1) is 32.1 Å². The van der Waals surface area contributed by atoms with E-state index < -0.39 is 0 Å². The first-order valence-electron chi connectivity index (χ1n) is 5.75. The summed E-state index contributed by atoms with van der Waals surface area (Å²) >= 11 is 0. The average Bonchev–Trinajstić information content (AvgIpc) is 2.27. The van der Waals surface area contributed by atoms with Crippen molar-refractivity contribution in [3.63, 3.8) is 0 Å². The van der Waals surface area contributed by atoms with Gasteiger partial charge in [0, 0.05) is 23.5 Å². The maximum absolute atomic E-state index is 11.4. The molecule has 0 aliphatic carbocycles. The molecular formula is C15H14N2O. The van der Waals surface area contributed by atoms with Crippen molar-refractivity contribution in [1.82, 2.24) is 4.57 Å². The van der Waals surface area contributed by atoms with E-state index in [1.54, 1.807) is 12.1 Å². The Morgan fingerprint density at radius 2 is 1.72 bits per heavy atom. The van der Waals surface area contributed by atoms with Gasteiger partial charge in [0.1, 0.15) is 6.07 Å². The summed E-state index contributed by atoms with van der Waals surface area (Å²) in [6, 6.07) is 11.1. The summed E-state index contributed by atoms with van der Waals surface area (Å²) < 4.78 is 1.94. The molecule has 1 heterocycles. The highest BCUT2D eigenvalue weighted by molar-refractivity contribution is 5.54. The van der Waals surface area contributed by atoms with Crippen molar-refractivity contribution in [2.75, 3.05) is 0 Å². The van der Waals surface area contributed by atoms with E-state index in [9.17, 15) is 10.1 Å². The molecule has 18 heavy (non-hydrogen) atoms. The lowest BCUT2D eigenvalue weighted by atomic mass is 10.1. The monoisotopic (exact) mass is 238 g/mol. The standard InChI is InChI=1S/C15H14N2O/c1-10-5-4-6-15(14(10)9-16)17-11(2)7-13(18)8-12(17)3/h4-8H,1-3H3. The van der Waals surface area contributed by atoms with Crippen LogP contribution in [0.1, 0.15) is 22.5 Å². The van der Waals surface area contributed by atoms with Crippen LogP contribution < -0.4 is 5.43 Å². The van der Waals surface area contributed by atoms with Gasteiger partial charge in [-0.1, -0.05) is 12.1 Å². The molecule has 90 valence electrons. The van der Waals surface area contributed by atoms with Gasteiger partial charge in [0.05, 0.1) is 11.3 Å². The van der Waals surface area contributed by atoms with E-state index in [4.69, 9.17) is 0 Å². The van der Waals surface area contributed by atoms with Crippen molar-refractivity contribution in [3.8, 4) is 11.8 Å². The van der Waals surface area contributed by atoms with Crippen molar-refractivity contribution < 1.29 is 0 Å². The predicted molar refractivity (Wildman–Crippen MR) is 71.0 cm³/mol. The van der Waals surface area contributed by atoms with Gasteiger partial charge in [0.25, 0.3) is 0 Å². The molecule has 0 N–H and O–H groups in total. The van der Waals surface area contributed by atoms with E-state index in [0.717, 1.165) is 22.6 Å². The number of hydrogen-bond donors (Lipinski definition) is 0. The summed E-state index contributed by atoms with van der Waals surface area (Å²) in [6.45, 7) is 5.66. The summed E-state index contributed by atoms with van der Waals surface area (Å²) in [5.74, 6) is 0. The van der Waals surface area contributed by atoms with Gasteiger partial charge in [0.2, 0.25) is 0 Å². The molecule has 1 aromatic carbocycles. The highest BCUT2D eigenvalue weighted by atomic mass is 16.1. The Hall–Kier alpha value is -2.34. The zero-order valence-corrected chi connectivity index (χ0v) is 10.7. The van der Waals surface area contributed by atoms with Gasteiger partial charge in [-0.25, -0.2) is 0 Å². The zero-order chi connectivity index (χ0) is 13.3. The second-order valence-corrected chi connectivity index (χ2v) is 4.39. The Labute approximate surface area is 106 Å². The Morgan fingerprint density at radius 1 is 1.11 bits per heavy atom. The fourth-order valence-corrected chi connectivity index (χ4v) is 2.22. The average molecular weight is 238 g/mol. The van der Waals surface area contributed by atoms with Crippen molar-refractivity contribution in [2.24, 2.45) is 0 Å². The minimum absolute atomic E-state index is 0.00703. The third-order valence-electron chi connectivity index (χ3n) is 3.01. The lowest BCUT2D eigenvalue weighted by molar-refractivity contribution is 0.917. The molecule has 1 aromatic heterocycles. The highest BCUT2D eigenvalue weighted by Crippen LogP contribution is 2.20. The molecule has 0 unspecified atom stereocenters. The molecule has 0 radical (unpaired) electrons. The molecule has 0 saturated carbocycles. The maximum atomic E-state index is 11.4. The molecule has 0 bridgehead atoms. The number of benzene rings is 1. The third-order valence-corrected chi connectivity index (χ3v) is 3.01. The van der Waals surface area contributed by atoms with Crippen LogP contribution in [0.2, 0.25) is 0 Å². The smallest absolute Gasteiger partial charge is 0.182 e.